The van der Waals surface area contributed by atoms with Gasteiger partial charge < -0.3 is 16.0 Å². The third-order valence-corrected chi connectivity index (χ3v) is 2.58. The average molecular weight is 217 g/mol. The molecular formula is C12H15N3O. The van der Waals surface area contributed by atoms with Crippen LogP contribution in [0.5, 0.6) is 0 Å². The number of H-pyrrole nitrogens is 1. The van der Waals surface area contributed by atoms with Crippen LogP contribution in [0.25, 0.3) is 10.9 Å². The molecule has 0 fully saturated rings. The van der Waals surface area contributed by atoms with Crippen molar-refractivity contribution in [1.29, 1.82) is 0 Å². The zero-order valence-electron chi connectivity index (χ0n) is 8.99. The number of rotatable bonds is 4. The number of hydrogen-bond donors (Lipinski definition) is 3. The van der Waals surface area contributed by atoms with Crippen molar-refractivity contribution in [2.75, 3.05) is 13.1 Å². The molecule has 0 bridgehead atoms. The molecule has 0 spiro atoms. The van der Waals surface area contributed by atoms with Crippen molar-refractivity contribution < 1.29 is 4.79 Å². The molecule has 0 radical (unpaired) electrons. The maximum atomic E-state index is 11.0. The molecule has 2 aromatic rings. The predicted octanol–water partition coefficient (Wildman–Crippen LogP) is 0.785. The number of aromatic amines is 1. The Kier molecular flexibility index (Phi) is 3.22. The lowest BCUT2D eigenvalue weighted by Crippen LogP contribution is -2.31. The highest BCUT2D eigenvalue weighted by Crippen LogP contribution is 2.17. The van der Waals surface area contributed by atoms with Gasteiger partial charge in [-0.1, -0.05) is 18.2 Å². The van der Waals surface area contributed by atoms with Gasteiger partial charge in [0.2, 0.25) is 5.91 Å². The molecule has 0 aliphatic rings. The molecule has 4 nitrogen and oxygen atoms in total. The summed E-state index contributed by atoms with van der Waals surface area (Å²) in [6.07, 6.45) is 2.80. The molecule has 1 aromatic carbocycles. The number of carbonyl (C=O) groups is 1. The summed E-state index contributed by atoms with van der Waals surface area (Å²) in [5.41, 5.74) is 7.55. The molecule has 0 aliphatic heterocycles. The monoisotopic (exact) mass is 217 g/mol. The van der Waals surface area contributed by atoms with Crippen LogP contribution < -0.4 is 11.1 Å². The van der Waals surface area contributed by atoms with E-state index in [1.165, 1.54) is 10.9 Å². The molecule has 16 heavy (non-hydrogen) atoms. The summed E-state index contributed by atoms with van der Waals surface area (Å²) in [7, 11) is 0. The van der Waals surface area contributed by atoms with E-state index in [2.05, 4.69) is 16.4 Å². The predicted molar refractivity (Wildman–Crippen MR) is 64.1 cm³/mol. The largest absolute Gasteiger partial charge is 0.361 e. The molecule has 0 unspecified atom stereocenters. The number of nitrogens with one attached hydrogen (secondary N) is 2. The summed E-state index contributed by atoms with van der Waals surface area (Å²) in [6.45, 7) is 0.672. The fraction of sp³-hybridized carbons (Fsp3) is 0.250. The van der Waals surface area contributed by atoms with Crippen LogP contribution in [0.15, 0.2) is 30.5 Å². The zero-order chi connectivity index (χ0) is 11.4. The van der Waals surface area contributed by atoms with E-state index < -0.39 is 0 Å². The van der Waals surface area contributed by atoms with Gasteiger partial charge in [-0.05, 0) is 18.1 Å². The van der Waals surface area contributed by atoms with Gasteiger partial charge in [0.25, 0.3) is 0 Å². The maximum absolute atomic E-state index is 11.0. The van der Waals surface area contributed by atoms with Crippen molar-refractivity contribution in [3.05, 3.63) is 36.0 Å². The number of carbonyl (C=O) groups excluding carboxylic acids is 1. The Hall–Kier alpha value is -1.81. The topological polar surface area (TPSA) is 70.9 Å². The summed E-state index contributed by atoms with van der Waals surface area (Å²) < 4.78 is 0. The van der Waals surface area contributed by atoms with Gasteiger partial charge in [0.15, 0.2) is 0 Å². The minimum atomic E-state index is -0.111. The van der Waals surface area contributed by atoms with Crippen molar-refractivity contribution in [1.82, 2.24) is 10.3 Å². The first-order valence-corrected chi connectivity index (χ1v) is 5.33. The van der Waals surface area contributed by atoms with Crippen LogP contribution >= 0.6 is 0 Å². The number of hydrogen-bond acceptors (Lipinski definition) is 2. The molecule has 0 atom stereocenters. The fourth-order valence-electron chi connectivity index (χ4n) is 1.75. The summed E-state index contributed by atoms with van der Waals surface area (Å²) in [4.78, 5) is 14.2. The standard InChI is InChI=1S/C12H15N3O/c13-7-12(16)14-6-5-9-8-15-11-4-2-1-3-10(9)11/h1-4,8,15H,5-7,13H2,(H,14,16). The third kappa shape index (κ3) is 2.23. The Bertz CT molecular complexity index is 490. The Morgan fingerprint density at radius 1 is 1.38 bits per heavy atom. The highest BCUT2D eigenvalue weighted by molar-refractivity contribution is 5.83. The Labute approximate surface area is 93.8 Å². The van der Waals surface area contributed by atoms with Crippen molar-refractivity contribution in [3.63, 3.8) is 0 Å². The lowest BCUT2D eigenvalue weighted by atomic mass is 10.1. The quantitative estimate of drug-likeness (QED) is 0.708. The smallest absolute Gasteiger partial charge is 0.233 e. The van der Waals surface area contributed by atoms with E-state index in [1.807, 2.05) is 24.4 Å². The van der Waals surface area contributed by atoms with E-state index >= 15 is 0 Å². The summed E-state index contributed by atoms with van der Waals surface area (Å²) in [5.74, 6) is -0.111. The molecule has 2 rings (SSSR count). The Morgan fingerprint density at radius 2 is 2.19 bits per heavy atom. The first-order chi connectivity index (χ1) is 7.81. The molecule has 84 valence electrons. The molecule has 1 amide bonds. The number of aromatic nitrogens is 1. The molecule has 0 saturated carbocycles. The van der Waals surface area contributed by atoms with Gasteiger partial charge >= 0.3 is 0 Å². The molecule has 1 heterocycles. The van der Waals surface area contributed by atoms with E-state index in [1.54, 1.807) is 0 Å². The molecular weight excluding hydrogens is 202 g/mol. The second kappa shape index (κ2) is 4.81. The second-order valence-electron chi connectivity index (χ2n) is 3.66. The lowest BCUT2D eigenvalue weighted by molar-refractivity contribution is -0.119. The third-order valence-electron chi connectivity index (χ3n) is 2.58. The number of amides is 1. The van der Waals surface area contributed by atoms with Crippen molar-refractivity contribution >= 4 is 16.8 Å². The number of nitrogens with two attached hydrogens (primary N) is 1. The Morgan fingerprint density at radius 3 is 3.00 bits per heavy atom. The van der Waals surface area contributed by atoms with Gasteiger partial charge in [-0.15, -0.1) is 0 Å². The molecule has 0 aliphatic carbocycles. The number of fused-ring (bicyclic) bond motifs is 1. The van der Waals surface area contributed by atoms with Gasteiger partial charge in [-0.2, -0.15) is 0 Å². The van der Waals surface area contributed by atoms with E-state index in [0.29, 0.717) is 6.54 Å². The molecule has 4 heteroatoms. The lowest BCUT2D eigenvalue weighted by Gasteiger charge is -2.02. The molecule has 1 aromatic heterocycles. The molecule has 4 N–H and O–H groups in total. The Balaban J connectivity index is 2.02. The summed E-state index contributed by atoms with van der Waals surface area (Å²) in [6, 6.07) is 8.13. The minimum Gasteiger partial charge on any atom is -0.361 e. The fourth-order valence-corrected chi connectivity index (χ4v) is 1.75. The van der Waals surface area contributed by atoms with Crippen molar-refractivity contribution in [2.45, 2.75) is 6.42 Å². The van der Waals surface area contributed by atoms with Crippen LogP contribution in [0.1, 0.15) is 5.56 Å². The SMILES string of the molecule is NCC(=O)NCCc1c[nH]c2ccccc12. The highest BCUT2D eigenvalue weighted by atomic mass is 16.1. The van der Waals surface area contributed by atoms with Gasteiger partial charge in [-0.3, -0.25) is 4.79 Å². The van der Waals surface area contributed by atoms with Crippen LogP contribution in [0.2, 0.25) is 0 Å². The first kappa shape index (κ1) is 10.7. The second-order valence-corrected chi connectivity index (χ2v) is 3.66. The van der Waals surface area contributed by atoms with Gasteiger partial charge in [0.05, 0.1) is 6.54 Å². The van der Waals surface area contributed by atoms with Crippen LogP contribution in [0.4, 0.5) is 0 Å². The summed E-state index contributed by atoms with van der Waals surface area (Å²) in [5, 5.41) is 3.97. The summed E-state index contributed by atoms with van der Waals surface area (Å²) >= 11 is 0. The maximum Gasteiger partial charge on any atom is 0.233 e. The van der Waals surface area contributed by atoms with Crippen LogP contribution in [-0.4, -0.2) is 24.0 Å². The normalized spacial score (nSPS) is 10.6. The van der Waals surface area contributed by atoms with Crippen LogP contribution in [0, 0.1) is 0 Å². The van der Waals surface area contributed by atoms with E-state index in [0.717, 1.165) is 11.9 Å². The first-order valence-electron chi connectivity index (χ1n) is 5.33. The average Bonchev–Trinajstić information content (AvgIpc) is 2.73. The van der Waals surface area contributed by atoms with Crippen LogP contribution in [0.3, 0.4) is 0 Å². The van der Waals surface area contributed by atoms with Crippen molar-refractivity contribution in [2.24, 2.45) is 5.73 Å². The van der Waals surface area contributed by atoms with Gasteiger partial charge in [0.1, 0.15) is 0 Å². The van der Waals surface area contributed by atoms with E-state index in [9.17, 15) is 4.79 Å². The zero-order valence-corrected chi connectivity index (χ0v) is 8.99. The van der Waals surface area contributed by atoms with Crippen molar-refractivity contribution in [3.8, 4) is 0 Å². The molecule has 0 saturated heterocycles. The van der Waals surface area contributed by atoms with Crippen LogP contribution in [-0.2, 0) is 11.2 Å². The van der Waals surface area contributed by atoms with Gasteiger partial charge in [-0.25, -0.2) is 0 Å². The number of para-hydroxylation sites is 1. The van der Waals surface area contributed by atoms with E-state index in [-0.39, 0.29) is 12.5 Å². The van der Waals surface area contributed by atoms with Gasteiger partial charge in [0, 0.05) is 23.6 Å². The highest BCUT2D eigenvalue weighted by Gasteiger charge is 2.03. The number of benzene rings is 1. The van der Waals surface area contributed by atoms with E-state index in [4.69, 9.17) is 5.73 Å². The minimum absolute atomic E-state index is 0.0495.